The van der Waals surface area contributed by atoms with Crippen LogP contribution in [0.2, 0.25) is 0 Å². The van der Waals surface area contributed by atoms with Crippen LogP contribution in [0.1, 0.15) is 38.3 Å². The molecule has 0 saturated carbocycles. The number of ketones is 1. The fourth-order valence-electron chi connectivity index (χ4n) is 3.93. The molecule has 1 aliphatic rings. The van der Waals surface area contributed by atoms with Crippen molar-refractivity contribution in [1.29, 1.82) is 0 Å². The van der Waals surface area contributed by atoms with E-state index in [-0.39, 0.29) is 12.4 Å². The number of aryl methyl sites for hydroxylation is 2. The lowest BCUT2D eigenvalue weighted by Gasteiger charge is -2.10. The summed E-state index contributed by atoms with van der Waals surface area (Å²) in [5.74, 6) is -0.698. The molecule has 0 unspecified atom stereocenters. The van der Waals surface area contributed by atoms with Gasteiger partial charge in [0.25, 0.3) is 0 Å². The standard InChI is InChI=1S/C25H19NO3S/c27-23(18-11-10-16-5-3-6-17(16)13-18)15-29-25(28)20-14-22(24-9-4-12-30-24)26-21-8-2-1-7-19(20)21/h1-2,4,7-14H,3,5-6,15H2. The number of para-hydroxylation sites is 1. The summed E-state index contributed by atoms with van der Waals surface area (Å²) in [4.78, 5) is 31.2. The van der Waals surface area contributed by atoms with Crippen LogP contribution >= 0.6 is 11.3 Å². The summed E-state index contributed by atoms with van der Waals surface area (Å²) >= 11 is 1.56. The third kappa shape index (κ3) is 3.53. The van der Waals surface area contributed by atoms with Gasteiger partial charge in [-0.25, -0.2) is 9.78 Å². The van der Waals surface area contributed by atoms with Gasteiger partial charge < -0.3 is 4.74 Å². The number of benzene rings is 2. The Bertz CT molecular complexity index is 1260. The molecule has 4 aromatic rings. The molecule has 5 rings (SSSR count). The number of aromatic nitrogens is 1. The van der Waals surface area contributed by atoms with Crippen molar-refractivity contribution in [2.75, 3.05) is 6.61 Å². The molecule has 0 aliphatic heterocycles. The van der Waals surface area contributed by atoms with E-state index in [1.807, 2.05) is 60.0 Å². The molecule has 0 spiro atoms. The van der Waals surface area contributed by atoms with E-state index < -0.39 is 5.97 Å². The van der Waals surface area contributed by atoms with Gasteiger partial charge in [-0.3, -0.25) is 4.79 Å². The predicted octanol–water partition coefficient (Wildman–Crippen LogP) is 5.49. The molecule has 148 valence electrons. The summed E-state index contributed by atoms with van der Waals surface area (Å²) < 4.78 is 5.43. The second-order valence-electron chi connectivity index (χ2n) is 7.39. The van der Waals surface area contributed by atoms with Crippen LogP contribution in [0.4, 0.5) is 0 Å². The minimum atomic E-state index is -0.513. The number of thiophene rings is 1. The summed E-state index contributed by atoms with van der Waals surface area (Å²) in [6.45, 7) is -0.275. The Morgan fingerprint density at radius 1 is 0.967 bits per heavy atom. The lowest BCUT2D eigenvalue weighted by Crippen LogP contribution is -2.15. The van der Waals surface area contributed by atoms with E-state index in [2.05, 4.69) is 4.98 Å². The van der Waals surface area contributed by atoms with Gasteiger partial charge >= 0.3 is 5.97 Å². The number of esters is 1. The molecule has 0 radical (unpaired) electrons. The van der Waals surface area contributed by atoms with E-state index >= 15 is 0 Å². The second-order valence-corrected chi connectivity index (χ2v) is 8.33. The molecule has 0 amide bonds. The second kappa shape index (κ2) is 7.84. The largest absolute Gasteiger partial charge is 0.454 e. The number of hydrogen-bond donors (Lipinski definition) is 0. The van der Waals surface area contributed by atoms with Crippen molar-refractivity contribution in [3.8, 4) is 10.6 Å². The highest BCUT2D eigenvalue weighted by atomic mass is 32.1. The Morgan fingerprint density at radius 3 is 2.70 bits per heavy atom. The van der Waals surface area contributed by atoms with Crippen LogP contribution in [0.5, 0.6) is 0 Å². The van der Waals surface area contributed by atoms with Gasteiger partial charge in [0.05, 0.1) is 21.7 Å². The average Bonchev–Trinajstić information content (AvgIpc) is 3.48. The first-order valence-corrected chi connectivity index (χ1v) is 10.8. The molecular weight excluding hydrogens is 394 g/mol. The zero-order chi connectivity index (χ0) is 20.5. The van der Waals surface area contributed by atoms with Gasteiger partial charge in [-0.2, -0.15) is 0 Å². The van der Waals surface area contributed by atoms with Gasteiger partial charge in [0, 0.05) is 10.9 Å². The Kier molecular flexibility index (Phi) is 4.89. The number of ether oxygens (including phenoxy) is 1. The molecule has 2 aromatic carbocycles. The SMILES string of the molecule is O=C(COC(=O)c1cc(-c2cccs2)nc2ccccc12)c1ccc2c(c1)CCC2. The third-order valence-corrected chi connectivity index (χ3v) is 6.36. The quantitative estimate of drug-likeness (QED) is 0.321. The lowest BCUT2D eigenvalue weighted by molar-refractivity contribution is 0.0476. The van der Waals surface area contributed by atoms with Crippen LogP contribution in [-0.2, 0) is 17.6 Å². The van der Waals surface area contributed by atoms with Crippen molar-refractivity contribution in [3.05, 3.63) is 88.3 Å². The molecule has 30 heavy (non-hydrogen) atoms. The van der Waals surface area contributed by atoms with Gasteiger partial charge in [-0.05, 0) is 60.0 Å². The van der Waals surface area contributed by atoms with Crippen molar-refractivity contribution in [1.82, 2.24) is 4.98 Å². The zero-order valence-corrected chi connectivity index (χ0v) is 17.1. The van der Waals surface area contributed by atoms with Gasteiger partial charge in [-0.15, -0.1) is 11.3 Å². The summed E-state index contributed by atoms with van der Waals surface area (Å²) in [6.07, 6.45) is 3.20. The van der Waals surface area contributed by atoms with Crippen LogP contribution in [0.3, 0.4) is 0 Å². The number of fused-ring (bicyclic) bond motifs is 2. The Labute approximate surface area is 178 Å². The van der Waals surface area contributed by atoms with Gasteiger partial charge in [-0.1, -0.05) is 36.4 Å². The molecule has 0 N–H and O–H groups in total. The molecule has 4 nitrogen and oxygen atoms in total. The van der Waals surface area contributed by atoms with Crippen molar-refractivity contribution < 1.29 is 14.3 Å². The van der Waals surface area contributed by atoms with Crippen LogP contribution in [-0.4, -0.2) is 23.3 Å². The summed E-state index contributed by atoms with van der Waals surface area (Å²) in [7, 11) is 0. The fourth-order valence-corrected chi connectivity index (χ4v) is 4.62. The minimum absolute atomic E-state index is 0.185. The monoisotopic (exact) mass is 413 g/mol. The molecule has 1 aliphatic carbocycles. The maximum absolute atomic E-state index is 12.9. The summed E-state index contributed by atoms with van der Waals surface area (Å²) in [5.41, 5.74) is 5.01. The number of carbonyl (C=O) groups excluding carboxylic acids is 2. The summed E-state index contributed by atoms with van der Waals surface area (Å²) in [6, 6.07) is 18.9. The minimum Gasteiger partial charge on any atom is -0.454 e. The van der Waals surface area contributed by atoms with Gasteiger partial charge in [0.2, 0.25) is 0 Å². The fraction of sp³-hybridized carbons (Fsp3) is 0.160. The average molecular weight is 413 g/mol. The number of carbonyl (C=O) groups is 2. The summed E-state index contributed by atoms with van der Waals surface area (Å²) in [5, 5.41) is 2.69. The van der Waals surface area contributed by atoms with Crippen LogP contribution < -0.4 is 0 Å². The highest BCUT2D eigenvalue weighted by molar-refractivity contribution is 7.13. The normalized spacial score (nSPS) is 12.7. The van der Waals surface area contributed by atoms with E-state index in [1.165, 1.54) is 11.1 Å². The third-order valence-electron chi connectivity index (χ3n) is 5.46. The molecule has 0 bridgehead atoms. The number of nitrogens with zero attached hydrogens (tertiary/aromatic N) is 1. The zero-order valence-electron chi connectivity index (χ0n) is 16.3. The lowest BCUT2D eigenvalue weighted by atomic mass is 10.0. The van der Waals surface area contributed by atoms with Crippen molar-refractivity contribution in [2.24, 2.45) is 0 Å². The maximum Gasteiger partial charge on any atom is 0.339 e. The Morgan fingerprint density at radius 2 is 1.83 bits per heavy atom. The van der Waals surface area contributed by atoms with E-state index in [9.17, 15) is 9.59 Å². The van der Waals surface area contributed by atoms with Crippen molar-refractivity contribution in [3.63, 3.8) is 0 Å². The van der Waals surface area contributed by atoms with E-state index in [0.29, 0.717) is 16.5 Å². The number of pyridine rings is 1. The molecule has 0 atom stereocenters. The number of Topliss-reactive ketones (excluding diaryl/α,β-unsaturated/α-hetero) is 1. The molecule has 0 saturated heterocycles. The molecule has 2 heterocycles. The predicted molar refractivity (Wildman–Crippen MR) is 118 cm³/mol. The van der Waals surface area contributed by atoms with Crippen LogP contribution in [0, 0.1) is 0 Å². The molecule has 5 heteroatoms. The smallest absolute Gasteiger partial charge is 0.339 e. The van der Waals surface area contributed by atoms with Gasteiger partial charge in [0.1, 0.15) is 0 Å². The Hall–Kier alpha value is -3.31. The molecule has 0 fully saturated rings. The van der Waals surface area contributed by atoms with Crippen LogP contribution in [0.25, 0.3) is 21.5 Å². The van der Waals surface area contributed by atoms with E-state index in [0.717, 1.165) is 35.4 Å². The van der Waals surface area contributed by atoms with Gasteiger partial charge in [0.15, 0.2) is 12.4 Å². The van der Waals surface area contributed by atoms with Crippen molar-refractivity contribution >= 4 is 34.0 Å². The highest BCUT2D eigenvalue weighted by Gasteiger charge is 2.18. The van der Waals surface area contributed by atoms with E-state index in [1.54, 1.807) is 17.4 Å². The first-order chi connectivity index (χ1) is 14.7. The first-order valence-electron chi connectivity index (χ1n) is 9.95. The van der Waals surface area contributed by atoms with Crippen LogP contribution in [0.15, 0.2) is 66.0 Å². The van der Waals surface area contributed by atoms with E-state index in [4.69, 9.17) is 4.74 Å². The highest BCUT2D eigenvalue weighted by Crippen LogP contribution is 2.28. The number of rotatable bonds is 5. The Balaban J connectivity index is 1.40. The molecular formula is C25H19NO3S. The first kappa shape index (κ1) is 18.7. The van der Waals surface area contributed by atoms with Crippen molar-refractivity contribution in [2.45, 2.75) is 19.3 Å². The molecule has 2 aromatic heterocycles. The topological polar surface area (TPSA) is 56.3 Å². The maximum atomic E-state index is 12.9. The number of hydrogen-bond acceptors (Lipinski definition) is 5.